The SMILES string of the molecule is CN=C(NCCCc1ccccc1)NCc1ccc(N2CCN(C)CC2)nc1.I. The average molecular weight is 508 g/mol. The molecule has 0 unspecified atom stereocenters. The summed E-state index contributed by atoms with van der Waals surface area (Å²) in [6.07, 6.45) is 4.11. The van der Waals surface area contributed by atoms with Gasteiger partial charge >= 0.3 is 0 Å². The molecule has 3 rings (SSSR count). The highest BCUT2D eigenvalue weighted by Gasteiger charge is 2.14. The molecule has 7 heteroatoms. The van der Waals surface area contributed by atoms with Gasteiger partial charge in [-0.3, -0.25) is 4.99 Å². The second kappa shape index (κ2) is 12.6. The summed E-state index contributed by atoms with van der Waals surface area (Å²) >= 11 is 0. The topological polar surface area (TPSA) is 55.8 Å². The molecule has 0 bridgehead atoms. The number of halogens is 1. The van der Waals surface area contributed by atoms with Crippen molar-refractivity contribution >= 4 is 35.8 Å². The highest BCUT2D eigenvalue weighted by atomic mass is 127. The van der Waals surface area contributed by atoms with Crippen molar-refractivity contribution in [3.05, 3.63) is 59.8 Å². The zero-order valence-electron chi connectivity index (χ0n) is 17.5. The third-order valence-electron chi connectivity index (χ3n) is 5.10. The first-order valence-corrected chi connectivity index (χ1v) is 10.1. The Morgan fingerprint density at radius 1 is 1.00 bits per heavy atom. The van der Waals surface area contributed by atoms with Crippen LogP contribution in [0.1, 0.15) is 17.5 Å². The van der Waals surface area contributed by atoms with Crippen LogP contribution in [0, 0.1) is 0 Å². The zero-order valence-corrected chi connectivity index (χ0v) is 19.8. The fraction of sp³-hybridized carbons (Fsp3) is 0.455. The summed E-state index contributed by atoms with van der Waals surface area (Å²) in [4.78, 5) is 13.7. The fourth-order valence-electron chi connectivity index (χ4n) is 3.29. The number of benzene rings is 1. The molecule has 0 spiro atoms. The highest BCUT2D eigenvalue weighted by Crippen LogP contribution is 2.13. The van der Waals surface area contributed by atoms with Crippen LogP contribution in [-0.2, 0) is 13.0 Å². The molecule has 1 fully saturated rings. The van der Waals surface area contributed by atoms with Gasteiger partial charge in [-0.25, -0.2) is 4.98 Å². The molecular weight excluding hydrogens is 475 g/mol. The number of piperazine rings is 1. The van der Waals surface area contributed by atoms with Gasteiger partial charge in [0, 0.05) is 52.5 Å². The second-order valence-electron chi connectivity index (χ2n) is 7.26. The van der Waals surface area contributed by atoms with Crippen molar-refractivity contribution < 1.29 is 0 Å². The van der Waals surface area contributed by atoms with E-state index in [0.29, 0.717) is 6.54 Å². The lowest BCUT2D eigenvalue weighted by Gasteiger charge is -2.33. The van der Waals surface area contributed by atoms with Crippen molar-refractivity contribution in [2.75, 3.05) is 51.7 Å². The average Bonchev–Trinajstić information content (AvgIpc) is 2.75. The Bertz CT molecular complexity index is 727. The molecule has 0 radical (unpaired) electrons. The van der Waals surface area contributed by atoms with Crippen molar-refractivity contribution in [3.63, 3.8) is 0 Å². The maximum Gasteiger partial charge on any atom is 0.191 e. The Morgan fingerprint density at radius 3 is 2.41 bits per heavy atom. The van der Waals surface area contributed by atoms with E-state index in [-0.39, 0.29) is 24.0 Å². The predicted molar refractivity (Wildman–Crippen MR) is 132 cm³/mol. The Balaban J connectivity index is 0.00000300. The van der Waals surface area contributed by atoms with Crippen LogP contribution in [0.2, 0.25) is 0 Å². The molecule has 2 aromatic rings. The largest absolute Gasteiger partial charge is 0.356 e. The number of guanidine groups is 1. The predicted octanol–water partition coefficient (Wildman–Crippen LogP) is 2.75. The van der Waals surface area contributed by atoms with Crippen LogP contribution in [0.15, 0.2) is 53.7 Å². The number of rotatable bonds is 7. The number of pyridine rings is 1. The third kappa shape index (κ3) is 7.81. The van der Waals surface area contributed by atoms with E-state index in [1.165, 1.54) is 5.56 Å². The number of hydrogen-bond acceptors (Lipinski definition) is 4. The first kappa shape index (κ1) is 23.4. The van der Waals surface area contributed by atoms with Gasteiger partial charge < -0.3 is 20.4 Å². The number of nitrogens with one attached hydrogen (secondary N) is 2. The molecular formula is C22H33IN6. The molecule has 29 heavy (non-hydrogen) atoms. The summed E-state index contributed by atoms with van der Waals surface area (Å²) in [7, 11) is 3.98. The van der Waals surface area contributed by atoms with Gasteiger partial charge in [0.15, 0.2) is 5.96 Å². The standard InChI is InChI=1S/C22H32N6.HI/c1-23-22(24-12-6-9-19-7-4-3-5-8-19)26-18-20-10-11-21(25-17-20)28-15-13-27(2)14-16-28;/h3-5,7-8,10-11,17H,6,9,12-16,18H2,1-2H3,(H2,23,24,26);1H. The second-order valence-corrected chi connectivity index (χ2v) is 7.26. The van der Waals surface area contributed by atoms with Gasteiger partial charge in [-0.1, -0.05) is 36.4 Å². The van der Waals surface area contributed by atoms with Crippen LogP contribution in [0.3, 0.4) is 0 Å². The molecule has 158 valence electrons. The van der Waals surface area contributed by atoms with Crippen LogP contribution >= 0.6 is 24.0 Å². The van der Waals surface area contributed by atoms with Crippen molar-refractivity contribution in [3.8, 4) is 0 Å². The normalized spacial score (nSPS) is 15.0. The lowest BCUT2D eigenvalue weighted by atomic mass is 10.1. The van der Waals surface area contributed by atoms with E-state index >= 15 is 0 Å². The molecule has 1 aromatic carbocycles. The highest BCUT2D eigenvalue weighted by molar-refractivity contribution is 14.0. The number of aromatic nitrogens is 1. The molecule has 1 saturated heterocycles. The summed E-state index contributed by atoms with van der Waals surface area (Å²) in [5.41, 5.74) is 2.53. The first-order chi connectivity index (χ1) is 13.7. The number of likely N-dealkylation sites (N-methyl/N-ethyl adjacent to an activating group) is 1. The third-order valence-corrected chi connectivity index (χ3v) is 5.10. The molecule has 2 heterocycles. The number of anilines is 1. The molecule has 2 N–H and O–H groups in total. The monoisotopic (exact) mass is 508 g/mol. The minimum absolute atomic E-state index is 0. The summed E-state index contributed by atoms with van der Waals surface area (Å²) < 4.78 is 0. The minimum Gasteiger partial charge on any atom is -0.356 e. The smallest absolute Gasteiger partial charge is 0.191 e. The summed E-state index contributed by atoms with van der Waals surface area (Å²) in [5.74, 6) is 1.90. The van der Waals surface area contributed by atoms with E-state index in [2.05, 4.69) is 79.9 Å². The van der Waals surface area contributed by atoms with E-state index in [1.54, 1.807) is 7.05 Å². The summed E-state index contributed by atoms with van der Waals surface area (Å²) in [6, 6.07) is 14.9. The van der Waals surface area contributed by atoms with Gasteiger partial charge in [0.05, 0.1) is 0 Å². The summed E-state index contributed by atoms with van der Waals surface area (Å²) in [6.45, 7) is 5.89. The van der Waals surface area contributed by atoms with Gasteiger partial charge in [0.2, 0.25) is 0 Å². The molecule has 1 aromatic heterocycles. The Labute approximate surface area is 191 Å². The van der Waals surface area contributed by atoms with Gasteiger partial charge in [-0.05, 0) is 37.1 Å². The van der Waals surface area contributed by atoms with Crippen LogP contribution < -0.4 is 15.5 Å². The van der Waals surface area contributed by atoms with E-state index in [1.807, 2.05) is 6.20 Å². The van der Waals surface area contributed by atoms with Crippen LogP contribution in [0.25, 0.3) is 0 Å². The molecule has 0 atom stereocenters. The molecule has 1 aliphatic rings. The molecule has 1 aliphatic heterocycles. The van der Waals surface area contributed by atoms with Gasteiger partial charge in [-0.15, -0.1) is 24.0 Å². The van der Waals surface area contributed by atoms with Crippen LogP contribution in [-0.4, -0.2) is 62.7 Å². The van der Waals surface area contributed by atoms with Gasteiger partial charge in [-0.2, -0.15) is 0 Å². The Morgan fingerprint density at radius 2 is 1.76 bits per heavy atom. The van der Waals surface area contributed by atoms with Crippen molar-refractivity contribution in [1.82, 2.24) is 20.5 Å². The maximum atomic E-state index is 4.65. The Kier molecular flexibility index (Phi) is 10.2. The number of hydrogen-bond donors (Lipinski definition) is 2. The van der Waals surface area contributed by atoms with E-state index in [4.69, 9.17) is 0 Å². The van der Waals surface area contributed by atoms with Crippen molar-refractivity contribution in [2.45, 2.75) is 19.4 Å². The van der Waals surface area contributed by atoms with Crippen LogP contribution in [0.5, 0.6) is 0 Å². The zero-order chi connectivity index (χ0) is 19.6. The molecule has 6 nitrogen and oxygen atoms in total. The number of aliphatic imine (C=N–C) groups is 1. The van der Waals surface area contributed by atoms with Crippen molar-refractivity contribution in [1.29, 1.82) is 0 Å². The van der Waals surface area contributed by atoms with Crippen LogP contribution in [0.4, 0.5) is 5.82 Å². The fourth-order valence-corrected chi connectivity index (χ4v) is 3.29. The molecule has 0 saturated carbocycles. The van der Waals surface area contributed by atoms with Gasteiger partial charge in [0.1, 0.15) is 5.82 Å². The minimum atomic E-state index is 0. The number of nitrogens with zero attached hydrogens (tertiary/aromatic N) is 4. The number of aryl methyl sites for hydroxylation is 1. The molecule has 0 aliphatic carbocycles. The lowest BCUT2D eigenvalue weighted by molar-refractivity contribution is 0.312. The Hall–Kier alpha value is -1.87. The summed E-state index contributed by atoms with van der Waals surface area (Å²) in [5, 5.41) is 6.75. The molecule has 0 amide bonds. The first-order valence-electron chi connectivity index (χ1n) is 10.1. The van der Waals surface area contributed by atoms with E-state index in [9.17, 15) is 0 Å². The van der Waals surface area contributed by atoms with E-state index < -0.39 is 0 Å². The lowest BCUT2D eigenvalue weighted by Crippen LogP contribution is -2.44. The van der Waals surface area contributed by atoms with Crippen molar-refractivity contribution in [2.24, 2.45) is 4.99 Å². The quantitative estimate of drug-likeness (QED) is 0.261. The van der Waals surface area contributed by atoms with Gasteiger partial charge in [0.25, 0.3) is 0 Å². The van der Waals surface area contributed by atoms with E-state index in [0.717, 1.165) is 62.9 Å². The maximum absolute atomic E-state index is 4.65.